The number of hydrogen-bond acceptors (Lipinski definition) is 8. The molecule has 3 aromatic rings. The van der Waals surface area contributed by atoms with Crippen molar-refractivity contribution in [1.82, 2.24) is 34.8 Å². The minimum Gasteiger partial charge on any atom is -0.479 e. The smallest absolute Gasteiger partial charge is 0.258 e. The number of rotatable bonds is 8. The van der Waals surface area contributed by atoms with Crippen molar-refractivity contribution in [3.05, 3.63) is 18.0 Å². The number of carbonyl (C=O) groups excluding carboxylic acids is 1. The number of methoxy groups -OCH3 is 1. The Morgan fingerprint density at radius 2 is 2.14 bits per heavy atom. The maximum absolute atomic E-state index is 12.4. The SMILES string of the molecule is COc1nn(C)cc1C(=O)NCCn1ncc2c(NC(C)C)nc(SC)nc21. The number of anilines is 1. The summed E-state index contributed by atoms with van der Waals surface area (Å²) < 4.78 is 8.44. The van der Waals surface area contributed by atoms with Crippen molar-refractivity contribution >= 4 is 34.5 Å². The van der Waals surface area contributed by atoms with E-state index in [-0.39, 0.29) is 11.9 Å². The summed E-state index contributed by atoms with van der Waals surface area (Å²) in [6, 6.07) is 0.241. The molecule has 28 heavy (non-hydrogen) atoms. The van der Waals surface area contributed by atoms with Gasteiger partial charge in [-0.3, -0.25) is 9.48 Å². The molecular weight excluding hydrogens is 380 g/mol. The molecule has 11 heteroatoms. The van der Waals surface area contributed by atoms with Crippen LogP contribution in [0.15, 0.2) is 17.6 Å². The van der Waals surface area contributed by atoms with E-state index in [1.807, 2.05) is 6.26 Å². The predicted octanol–water partition coefficient (Wildman–Crippen LogP) is 1.54. The van der Waals surface area contributed by atoms with E-state index in [4.69, 9.17) is 4.74 Å². The fourth-order valence-corrected chi connectivity index (χ4v) is 3.08. The van der Waals surface area contributed by atoms with Crippen LogP contribution in [0.2, 0.25) is 0 Å². The van der Waals surface area contributed by atoms with Crippen LogP contribution in [-0.2, 0) is 13.6 Å². The van der Waals surface area contributed by atoms with Crippen molar-refractivity contribution < 1.29 is 9.53 Å². The van der Waals surface area contributed by atoms with Gasteiger partial charge in [0.25, 0.3) is 5.91 Å². The Morgan fingerprint density at radius 1 is 1.36 bits per heavy atom. The number of fused-ring (bicyclic) bond motifs is 1. The van der Waals surface area contributed by atoms with E-state index in [0.717, 1.165) is 16.9 Å². The summed E-state index contributed by atoms with van der Waals surface area (Å²) >= 11 is 1.47. The fourth-order valence-electron chi connectivity index (χ4n) is 2.72. The van der Waals surface area contributed by atoms with Crippen LogP contribution < -0.4 is 15.4 Å². The Hall–Kier alpha value is -2.82. The average molecular weight is 405 g/mol. The number of ether oxygens (including phenoxy) is 1. The molecule has 0 unspecified atom stereocenters. The van der Waals surface area contributed by atoms with Crippen molar-refractivity contribution in [2.75, 3.05) is 25.2 Å². The molecule has 1 amide bonds. The second kappa shape index (κ2) is 8.46. The van der Waals surface area contributed by atoms with Gasteiger partial charge >= 0.3 is 0 Å². The van der Waals surface area contributed by atoms with Crippen LogP contribution in [0.5, 0.6) is 5.88 Å². The van der Waals surface area contributed by atoms with Crippen LogP contribution in [0, 0.1) is 0 Å². The molecule has 3 heterocycles. The van der Waals surface area contributed by atoms with Crippen LogP contribution in [0.25, 0.3) is 11.0 Å². The Morgan fingerprint density at radius 3 is 2.82 bits per heavy atom. The molecule has 2 N–H and O–H groups in total. The number of amides is 1. The highest BCUT2D eigenvalue weighted by Gasteiger charge is 2.17. The molecule has 0 spiro atoms. The zero-order chi connectivity index (χ0) is 20.3. The van der Waals surface area contributed by atoms with Crippen molar-refractivity contribution in [2.24, 2.45) is 7.05 Å². The van der Waals surface area contributed by atoms with Crippen molar-refractivity contribution in [3.8, 4) is 5.88 Å². The van der Waals surface area contributed by atoms with E-state index in [9.17, 15) is 4.79 Å². The number of nitrogens with one attached hydrogen (secondary N) is 2. The zero-order valence-corrected chi connectivity index (χ0v) is 17.4. The van der Waals surface area contributed by atoms with E-state index in [1.165, 1.54) is 18.9 Å². The standard InChI is InChI=1S/C17H24N8O2S/c1-10(2)20-13-11-8-19-25(14(11)22-17(21-13)28-5)7-6-18-15(26)12-9-24(3)23-16(12)27-4/h8-10H,6-7H2,1-5H3,(H,18,26)(H,20,21,22). The monoisotopic (exact) mass is 404 g/mol. The number of thioether (sulfide) groups is 1. The minimum atomic E-state index is -0.247. The second-order valence-corrected chi connectivity index (χ2v) is 7.22. The second-order valence-electron chi connectivity index (χ2n) is 6.44. The molecule has 0 aromatic carbocycles. The largest absolute Gasteiger partial charge is 0.479 e. The third-order valence-corrected chi connectivity index (χ3v) is 4.47. The summed E-state index contributed by atoms with van der Waals surface area (Å²) in [5.74, 6) is 0.814. The molecule has 0 saturated heterocycles. The van der Waals surface area contributed by atoms with Crippen LogP contribution in [0.4, 0.5) is 5.82 Å². The zero-order valence-electron chi connectivity index (χ0n) is 16.6. The first-order valence-electron chi connectivity index (χ1n) is 8.82. The molecular formula is C17H24N8O2S. The van der Waals surface area contributed by atoms with Gasteiger partial charge in [0.15, 0.2) is 10.8 Å². The van der Waals surface area contributed by atoms with Gasteiger partial charge in [-0.05, 0) is 20.1 Å². The lowest BCUT2D eigenvalue weighted by atomic mass is 10.3. The third kappa shape index (κ3) is 4.19. The van der Waals surface area contributed by atoms with Crippen LogP contribution in [0.1, 0.15) is 24.2 Å². The highest BCUT2D eigenvalue weighted by Crippen LogP contribution is 2.24. The van der Waals surface area contributed by atoms with Gasteiger partial charge in [-0.1, -0.05) is 11.8 Å². The number of aromatic nitrogens is 6. The fraction of sp³-hybridized carbons (Fsp3) is 0.471. The topological polar surface area (TPSA) is 112 Å². The van der Waals surface area contributed by atoms with Gasteiger partial charge in [-0.2, -0.15) is 5.10 Å². The first-order chi connectivity index (χ1) is 13.4. The van der Waals surface area contributed by atoms with Crippen molar-refractivity contribution in [2.45, 2.75) is 31.6 Å². The normalized spacial score (nSPS) is 11.2. The van der Waals surface area contributed by atoms with Crippen LogP contribution in [-0.4, -0.2) is 61.4 Å². The van der Waals surface area contributed by atoms with E-state index < -0.39 is 0 Å². The van der Waals surface area contributed by atoms with Gasteiger partial charge < -0.3 is 15.4 Å². The minimum absolute atomic E-state index is 0.241. The lowest BCUT2D eigenvalue weighted by Crippen LogP contribution is -2.27. The highest BCUT2D eigenvalue weighted by molar-refractivity contribution is 7.98. The Balaban J connectivity index is 1.75. The quantitative estimate of drug-likeness (QED) is 0.430. The number of carbonyl (C=O) groups is 1. The van der Waals surface area contributed by atoms with Gasteiger partial charge in [0, 0.05) is 25.8 Å². The first kappa shape index (κ1) is 19.9. The molecule has 10 nitrogen and oxygen atoms in total. The van der Waals surface area contributed by atoms with Crippen molar-refractivity contribution in [1.29, 1.82) is 0 Å². The molecule has 0 aliphatic carbocycles. The molecule has 3 rings (SSSR count). The predicted molar refractivity (Wildman–Crippen MR) is 108 cm³/mol. The number of nitrogens with zero attached hydrogens (tertiary/aromatic N) is 6. The van der Waals surface area contributed by atoms with Crippen LogP contribution in [0.3, 0.4) is 0 Å². The summed E-state index contributed by atoms with van der Waals surface area (Å²) in [5, 5.41) is 16.2. The Kier molecular flexibility index (Phi) is 6.02. The molecule has 0 aliphatic rings. The molecule has 0 aliphatic heterocycles. The maximum atomic E-state index is 12.4. The first-order valence-corrected chi connectivity index (χ1v) is 10.0. The summed E-state index contributed by atoms with van der Waals surface area (Å²) in [6.45, 7) is 4.97. The maximum Gasteiger partial charge on any atom is 0.258 e. The molecule has 0 bridgehead atoms. The lowest BCUT2D eigenvalue weighted by Gasteiger charge is -2.11. The van der Waals surface area contributed by atoms with Gasteiger partial charge in [-0.15, -0.1) is 5.10 Å². The average Bonchev–Trinajstić information content (AvgIpc) is 3.24. The number of aryl methyl sites for hydroxylation is 1. The number of hydrogen-bond donors (Lipinski definition) is 2. The lowest BCUT2D eigenvalue weighted by molar-refractivity contribution is 0.0949. The van der Waals surface area contributed by atoms with Gasteiger partial charge in [0.1, 0.15) is 11.4 Å². The highest BCUT2D eigenvalue weighted by atomic mass is 32.2. The summed E-state index contributed by atoms with van der Waals surface area (Å²) in [5.41, 5.74) is 1.13. The molecule has 0 radical (unpaired) electrons. The van der Waals surface area contributed by atoms with Crippen molar-refractivity contribution in [3.63, 3.8) is 0 Å². The summed E-state index contributed by atoms with van der Waals surface area (Å²) in [7, 11) is 3.22. The van der Waals surface area contributed by atoms with E-state index in [0.29, 0.717) is 29.7 Å². The molecule has 0 atom stereocenters. The molecule has 3 aromatic heterocycles. The molecule has 0 fully saturated rings. The van der Waals surface area contributed by atoms with Gasteiger partial charge in [0.05, 0.1) is 25.2 Å². The van der Waals surface area contributed by atoms with E-state index in [2.05, 4.69) is 44.6 Å². The van der Waals surface area contributed by atoms with E-state index in [1.54, 1.807) is 28.8 Å². The Bertz CT molecular complexity index is 981. The van der Waals surface area contributed by atoms with E-state index >= 15 is 0 Å². The Labute approximate surface area is 167 Å². The van der Waals surface area contributed by atoms with Gasteiger partial charge in [-0.25, -0.2) is 14.6 Å². The molecule has 0 saturated carbocycles. The molecule has 150 valence electrons. The van der Waals surface area contributed by atoms with Gasteiger partial charge in [0.2, 0.25) is 5.88 Å². The third-order valence-electron chi connectivity index (χ3n) is 3.93. The summed E-state index contributed by atoms with van der Waals surface area (Å²) in [6.07, 6.45) is 5.30. The summed E-state index contributed by atoms with van der Waals surface area (Å²) in [4.78, 5) is 21.5. The van der Waals surface area contributed by atoms with Crippen LogP contribution >= 0.6 is 11.8 Å².